The van der Waals surface area contributed by atoms with Crippen LogP contribution in [0, 0.1) is 5.82 Å². The third-order valence-electron chi connectivity index (χ3n) is 4.13. The van der Waals surface area contributed by atoms with E-state index in [0.29, 0.717) is 10.7 Å². The number of pyridine rings is 1. The fourth-order valence-electron chi connectivity index (χ4n) is 2.65. The maximum Gasteiger partial charge on any atom is 0.244 e. The number of aromatic nitrogens is 1. The fourth-order valence-corrected chi connectivity index (χ4v) is 2.77. The predicted octanol–water partition coefficient (Wildman–Crippen LogP) is 5.43. The highest BCUT2D eigenvalue weighted by Crippen LogP contribution is 2.23. The Bertz CT molecular complexity index is 970. The SMILES string of the molecule is CC(NC(=O)/C=C\c1ccccc1F)c1cccc(-c2ccc(Cl)nc2)c1. The molecule has 0 saturated heterocycles. The van der Waals surface area contributed by atoms with Crippen LogP contribution in [0.15, 0.2) is 72.9 Å². The van der Waals surface area contributed by atoms with Crippen molar-refractivity contribution in [1.29, 1.82) is 0 Å². The summed E-state index contributed by atoms with van der Waals surface area (Å²) in [5, 5.41) is 3.33. The minimum absolute atomic E-state index is 0.206. The van der Waals surface area contributed by atoms with Crippen molar-refractivity contribution in [3.05, 3.63) is 95.0 Å². The lowest BCUT2D eigenvalue weighted by Crippen LogP contribution is -2.24. The zero-order valence-electron chi connectivity index (χ0n) is 14.7. The van der Waals surface area contributed by atoms with Crippen LogP contribution in [0.5, 0.6) is 0 Å². The van der Waals surface area contributed by atoms with Gasteiger partial charge >= 0.3 is 0 Å². The lowest BCUT2D eigenvalue weighted by molar-refractivity contribution is -0.117. The smallest absolute Gasteiger partial charge is 0.244 e. The molecule has 0 saturated carbocycles. The molecule has 136 valence electrons. The van der Waals surface area contributed by atoms with Crippen LogP contribution in [0.4, 0.5) is 4.39 Å². The highest BCUT2D eigenvalue weighted by molar-refractivity contribution is 6.29. The summed E-state index contributed by atoms with van der Waals surface area (Å²) >= 11 is 5.83. The van der Waals surface area contributed by atoms with Gasteiger partial charge in [0, 0.05) is 23.4 Å². The highest BCUT2D eigenvalue weighted by Gasteiger charge is 2.09. The monoisotopic (exact) mass is 380 g/mol. The lowest BCUT2D eigenvalue weighted by atomic mass is 10.0. The highest BCUT2D eigenvalue weighted by atomic mass is 35.5. The van der Waals surface area contributed by atoms with Crippen molar-refractivity contribution in [3.63, 3.8) is 0 Å². The van der Waals surface area contributed by atoms with E-state index in [4.69, 9.17) is 11.6 Å². The molecule has 0 bridgehead atoms. The normalized spacial score (nSPS) is 12.1. The largest absolute Gasteiger partial charge is 0.346 e. The van der Waals surface area contributed by atoms with Crippen LogP contribution in [0.3, 0.4) is 0 Å². The third-order valence-corrected chi connectivity index (χ3v) is 4.35. The number of nitrogens with zero attached hydrogens (tertiary/aromatic N) is 1. The second-order valence-electron chi connectivity index (χ2n) is 6.08. The van der Waals surface area contributed by atoms with Crippen LogP contribution in [0.2, 0.25) is 5.15 Å². The van der Waals surface area contributed by atoms with E-state index in [2.05, 4.69) is 10.3 Å². The molecule has 0 aliphatic heterocycles. The standard InChI is InChI=1S/C22H18ClFN2O/c1-15(26-22(27)12-10-16-5-2-3-8-20(16)24)17-6-4-7-18(13-17)19-9-11-21(23)25-14-19/h2-15H,1H3,(H,26,27)/b12-10-. The second kappa shape index (κ2) is 8.60. The summed E-state index contributed by atoms with van der Waals surface area (Å²) in [4.78, 5) is 16.3. The molecule has 1 N–H and O–H groups in total. The van der Waals surface area contributed by atoms with E-state index < -0.39 is 0 Å². The molecule has 1 heterocycles. The number of carbonyl (C=O) groups is 1. The Morgan fingerprint density at radius 2 is 1.93 bits per heavy atom. The molecule has 0 aliphatic rings. The minimum Gasteiger partial charge on any atom is -0.346 e. The Hall–Kier alpha value is -2.98. The van der Waals surface area contributed by atoms with E-state index in [-0.39, 0.29) is 17.8 Å². The number of nitrogens with one attached hydrogen (secondary N) is 1. The molecule has 0 radical (unpaired) electrons. The summed E-state index contributed by atoms with van der Waals surface area (Å²) in [6.45, 7) is 1.90. The quantitative estimate of drug-likeness (QED) is 0.473. The van der Waals surface area contributed by atoms with Crippen molar-refractivity contribution in [2.24, 2.45) is 0 Å². The molecule has 0 fully saturated rings. The number of carbonyl (C=O) groups excluding carboxylic acids is 1. The van der Waals surface area contributed by atoms with Crippen molar-refractivity contribution in [2.75, 3.05) is 0 Å². The average Bonchev–Trinajstić information content (AvgIpc) is 2.68. The van der Waals surface area contributed by atoms with Crippen LogP contribution in [0.25, 0.3) is 17.2 Å². The molecule has 3 nitrogen and oxygen atoms in total. The molecule has 3 aromatic rings. The molecule has 0 aliphatic carbocycles. The first kappa shape index (κ1) is 18.8. The number of benzene rings is 2. The molecule has 1 amide bonds. The van der Waals surface area contributed by atoms with Gasteiger partial charge in [0.2, 0.25) is 5.91 Å². The van der Waals surface area contributed by atoms with Gasteiger partial charge in [-0.25, -0.2) is 9.37 Å². The van der Waals surface area contributed by atoms with E-state index in [9.17, 15) is 9.18 Å². The predicted molar refractivity (Wildman–Crippen MR) is 107 cm³/mol. The van der Waals surface area contributed by atoms with Gasteiger partial charge in [-0.2, -0.15) is 0 Å². The molecule has 27 heavy (non-hydrogen) atoms. The number of halogens is 2. The first-order chi connectivity index (χ1) is 13.0. The van der Waals surface area contributed by atoms with Crippen LogP contribution in [0.1, 0.15) is 24.1 Å². The van der Waals surface area contributed by atoms with E-state index in [1.54, 1.807) is 30.5 Å². The lowest BCUT2D eigenvalue weighted by Gasteiger charge is -2.14. The summed E-state index contributed by atoms with van der Waals surface area (Å²) in [7, 11) is 0. The number of rotatable bonds is 5. The van der Waals surface area contributed by atoms with Gasteiger partial charge in [0.05, 0.1) is 6.04 Å². The van der Waals surface area contributed by atoms with Crippen LogP contribution in [-0.4, -0.2) is 10.9 Å². The Morgan fingerprint density at radius 1 is 1.11 bits per heavy atom. The van der Waals surface area contributed by atoms with Gasteiger partial charge in [-0.05, 0) is 48.4 Å². The van der Waals surface area contributed by atoms with Gasteiger partial charge in [0.1, 0.15) is 11.0 Å². The summed E-state index contributed by atoms with van der Waals surface area (Å²) < 4.78 is 13.6. The van der Waals surface area contributed by atoms with Gasteiger partial charge in [-0.1, -0.05) is 48.0 Å². The Balaban J connectivity index is 1.70. The maximum atomic E-state index is 13.6. The van der Waals surface area contributed by atoms with E-state index in [1.165, 1.54) is 18.2 Å². The van der Waals surface area contributed by atoms with Crippen LogP contribution >= 0.6 is 11.6 Å². The molecule has 1 atom stereocenters. The zero-order chi connectivity index (χ0) is 19.2. The van der Waals surface area contributed by atoms with Gasteiger partial charge < -0.3 is 5.32 Å². The summed E-state index contributed by atoms with van der Waals surface area (Å²) in [5.74, 6) is -0.650. The summed E-state index contributed by atoms with van der Waals surface area (Å²) in [5.41, 5.74) is 3.26. The van der Waals surface area contributed by atoms with Gasteiger partial charge in [0.15, 0.2) is 0 Å². The second-order valence-corrected chi connectivity index (χ2v) is 6.47. The first-order valence-electron chi connectivity index (χ1n) is 8.48. The number of hydrogen-bond acceptors (Lipinski definition) is 2. The first-order valence-corrected chi connectivity index (χ1v) is 8.86. The Morgan fingerprint density at radius 3 is 2.67 bits per heavy atom. The van der Waals surface area contributed by atoms with Gasteiger partial charge in [-0.3, -0.25) is 4.79 Å². The summed E-state index contributed by atoms with van der Waals surface area (Å²) in [6, 6.07) is 17.6. The van der Waals surface area contributed by atoms with Crippen molar-refractivity contribution >= 4 is 23.6 Å². The molecule has 2 aromatic carbocycles. The summed E-state index contributed by atoms with van der Waals surface area (Å²) in [6.07, 6.45) is 4.51. The van der Waals surface area contributed by atoms with E-state index in [1.807, 2.05) is 37.3 Å². The van der Waals surface area contributed by atoms with Crippen LogP contribution < -0.4 is 5.32 Å². The number of amides is 1. The Kier molecular flexibility index (Phi) is 5.99. The number of hydrogen-bond donors (Lipinski definition) is 1. The van der Waals surface area contributed by atoms with Crippen molar-refractivity contribution in [1.82, 2.24) is 10.3 Å². The average molecular weight is 381 g/mol. The fraction of sp³-hybridized carbons (Fsp3) is 0.0909. The molecule has 0 spiro atoms. The van der Waals surface area contributed by atoms with Gasteiger partial charge in [0.25, 0.3) is 0 Å². The molecular formula is C22H18ClFN2O. The third kappa shape index (κ3) is 5.02. The van der Waals surface area contributed by atoms with Crippen LogP contribution in [-0.2, 0) is 4.79 Å². The topological polar surface area (TPSA) is 42.0 Å². The van der Waals surface area contributed by atoms with Crippen molar-refractivity contribution in [2.45, 2.75) is 13.0 Å². The molecule has 1 aromatic heterocycles. The maximum absolute atomic E-state index is 13.6. The zero-order valence-corrected chi connectivity index (χ0v) is 15.5. The molecule has 5 heteroatoms. The molecule has 3 rings (SSSR count). The molecule has 1 unspecified atom stereocenters. The minimum atomic E-state index is -0.362. The van der Waals surface area contributed by atoms with Crippen molar-refractivity contribution < 1.29 is 9.18 Å². The molecular weight excluding hydrogens is 363 g/mol. The van der Waals surface area contributed by atoms with Gasteiger partial charge in [-0.15, -0.1) is 0 Å². The van der Waals surface area contributed by atoms with E-state index >= 15 is 0 Å². The Labute approximate surface area is 162 Å². The van der Waals surface area contributed by atoms with E-state index in [0.717, 1.165) is 16.7 Å². The van der Waals surface area contributed by atoms with Crippen molar-refractivity contribution in [3.8, 4) is 11.1 Å².